The molecule has 0 saturated carbocycles. The first-order chi connectivity index (χ1) is 15.9. The number of rotatable bonds is 6. The van der Waals surface area contributed by atoms with Crippen LogP contribution in [0.15, 0.2) is 78.4 Å². The Hall–Kier alpha value is -4.46. The number of benzene rings is 3. The Morgan fingerprint density at radius 3 is 2.15 bits per heavy atom. The summed E-state index contributed by atoms with van der Waals surface area (Å²) >= 11 is 0. The van der Waals surface area contributed by atoms with Crippen LogP contribution in [0, 0.1) is 5.82 Å². The quantitative estimate of drug-likeness (QED) is 0.456. The Balaban J connectivity index is 1.50. The van der Waals surface area contributed by atoms with Gasteiger partial charge < -0.3 is 9.47 Å². The van der Waals surface area contributed by atoms with Crippen LogP contribution in [-0.2, 0) is 16.2 Å². The lowest BCUT2D eigenvalue weighted by Gasteiger charge is -2.26. The van der Waals surface area contributed by atoms with Crippen molar-refractivity contribution in [2.24, 2.45) is 0 Å². The predicted molar refractivity (Wildman–Crippen MR) is 119 cm³/mol. The number of halogens is 1. The van der Waals surface area contributed by atoms with Crippen LogP contribution in [-0.4, -0.2) is 25.0 Å². The van der Waals surface area contributed by atoms with Gasteiger partial charge >= 0.3 is 6.03 Å². The number of hydrogen-bond acceptors (Lipinski definition) is 5. The highest BCUT2D eigenvalue weighted by molar-refractivity contribution is 6.39. The number of barbiturate groups is 1. The summed E-state index contributed by atoms with van der Waals surface area (Å²) in [4.78, 5) is 38.5. The lowest BCUT2D eigenvalue weighted by Crippen LogP contribution is -2.54. The first kappa shape index (κ1) is 21.8. The SMILES string of the molecule is COc1ccc(N2C(=O)NC(=O)/C(=C\c3ccc(OCc4ccc(F)cc4)cc3)C2=O)cc1. The van der Waals surface area contributed by atoms with Gasteiger partial charge in [-0.1, -0.05) is 24.3 Å². The minimum absolute atomic E-state index is 0.176. The van der Waals surface area contributed by atoms with Crippen LogP contribution in [0.2, 0.25) is 0 Å². The van der Waals surface area contributed by atoms with Gasteiger partial charge in [-0.2, -0.15) is 0 Å². The van der Waals surface area contributed by atoms with E-state index in [1.54, 1.807) is 60.7 Å². The van der Waals surface area contributed by atoms with Gasteiger partial charge in [-0.3, -0.25) is 14.9 Å². The molecule has 33 heavy (non-hydrogen) atoms. The second-order valence-electron chi connectivity index (χ2n) is 7.14. The number of nitrogens with one attached hydrogen (secondary N) is 1. The molecule has 0 bridgehead atoms. The Morgan fingerprint density at radius 1 is 0.879 bits per heavy atom. The molecule has 4 rings (SSSR count). The molecule has 8 heteroatoms. The molecule has 1 heterocycles. The molecule has 1 aliphatic rings. The van der Waals surface area contributed by atoms with Gasteiger partial charge in [0.1, 0.15) is 29.5 Å². The molecule has 3 aromatic carbocycles. The Labute approximate surface area is 189 Å². The molecule has 0 radical (unpaired) electrons. The van der Waals surface area contributed by atoms with Crippen LogP contribution in [0.3, 0.4) is 0 Å². The summed E-state index contributed by atoms with van der Waals surface area (Å²) in [7, 11) is 1.51. The lowest BCUT2D eigenvalue weighted by molar-refractivity contribution is -0.122. The Morgan fingerprint density at radius 2 is 1.52 bits per heavy atom. The predicted octanol–water partition coefficient (Wildman–Crippen LogP) is 4.08. The summed E-state index contributed by atoms with van der Waals surface area (Å²) in [5.74, 6) is -0.685. The fourth-order valence-electron chi connectivity index (χ4n) is 3.20. The molecule has 1 N–H and O–H groups in total. The van der Waals surface area contributed by atoms with Gasteiger partial charge in [0.2, 0.25) is 0 Å². The van der Waals surface area contributed by atoms with Gasteiger partial charge in [0.25, 0.3) is 11.8 Å². The van der Waals surface area contributed by atoms with Gasteiger partial charge in [0, 0.05) is 0 Å². The summed E-state index contributed by atoms with van der Waals surface area (Å²) in [5, 5.41) is 2.19. The Bertz CT molecular complexity index is 1220. The number of ether oxygens (including phenoxy) is 2. The summed E-state index contributed by atoms with van der Waals surface area (Å²) in [6, 6.07) is 18.2. The van der Waals surface area contributed by atoms with Crippen LogP contribution >= 0.6 is 0 Å². The maximum atomic E-state index is 13.0. The van der Waals surface area contributed by atoms with Crippen molar-refractivity contribution in [2.45, 2.75) is 6.61 Å². The van der Waals surface area contributed by atoms with Gasteiger partial charge in [-0.15, -0.1) is 0 Å². The van der Waals surface area contributed by atoms with Gasteiger partial charge in [-0.25, -0.2) is 14.1 Å². The summed E-state index contributed by atoms with van der Waals surface area (Å²) in [6.07, 6.45) is 1.41. The fraction of sp³-hybridized carbons (Fsp3) is 0.0800. The van der Waals surface area contributed by atoms with E-state index in [1.165, 1.54) is 25.3 Å². The number of carbonyl (C=O) groups excluding carboxylic acids is 3. The van der Waals surface area contributed by atoms with Crippen molar-refractivity contribution in [3.05, 3.63) is 95.3 Å². The third kappa shape index (κ3) is 4.90. The van der Waals surface area contributed by atoms with Crippen molar-refractivity contribution in [3.63, 3.8) is 0 Å². The maximum absolute atomic E-state index is 13.0. The average Bonchev–Trinajstić information content (AvgIpc) is 2.82. The number of imide groups is 2. The van der Waals surface area contributed by atoms with Crippen LogP contribution in [0.1, 0.15) is 11.1 Å². The standard InChI is InChI=1S/C25H19FN2O5/c1-32-20-12-8-19(9-13-20)28-24(30)22(23(29)27-25(28)31)14-16-4-10-21(11-5-16)33-15-17-2-6-18(26)7-3-17/h2-14H,15H2,1H3,(H,27,29,31)/b22-14+. The normalized spacial score (nSPS) is 14.9. The van der Waals surface area contributed by atoms with Crippen molar-refractivity contribution < 1.29 is 28.2 Å². The molecule has 0 aromatic heterocycles. The number of anilines is 1. The largest absolute Gasteiger partial charge is 0.497 e. The molecule has 1 saturated heterocycles. The molecule has 4 amide bonds. The highest BCUT2D eigenvalue weighted by Crippen LogP contribution is 2.24. The molecular weight excluding hydrogens is 427 g/mol. The third-order valence-corrected chi connectivity index (χ3v) is 4.94. The number of hydrogen-bond donors (Lipinski definition) is 1. The molecular formula is C25H19FN2O5. The van der Waals surface area contributed by atoms with Crippen molar-refractivity contribution in [1.29, 1.82) is 0 Å². The molecule has 0 aliphatic carbocycles. The number of nitrogens with zero attached hydrogens (tertiary/aromatic N) is 1. The van der Waals surface area contributed by atoms with Crippen LogP contribution < -0.4 is 19.7 Å². The molecule has 3 aromatic rings. The molecule has 0 unspecified atom stereocenters. The van der Waals surface area contributed by atoms with E-state index in [9.17, 15) is 18.8 Å². The number of amides is 4. The van der Waals surface area contributed by atoms with Gasteiger partial charge in [0.15, 0.2) is 0 Å². The highest BCUT2D eigenvalue weighted by Gasteiger charge is 2.36. The topological polar surface area (TPSA) is 84.9 Å². The monoisotopic (exact) mass is 446 g/mol. The van der Waals surface area contributed by atoms with E-state index in [0.717, 1.165) is 10.5 Å². The zero-order valence-corrected chi connectivity index (χ0v) is 17.6. The first-order valence-corrected chi connectivity index (χ1v) is 9.97. The summed E-state index contributed by atoms with van der Waals surface area (Å²) in [5.41, 5.74) is 1.52. The summed E-state index contributed by atoms with van der Waals surface area (Å²) in [6.45, 7) is 0.264. The van der Waals surface area contributed by atoms with E-state index in [1.807, 2.05) is 0 Å². The molecule has 1 aliphatic heterocycles. The van der Waals surface area contributed by atoms with Crippen molar-refractivity contribution >= 4 is 29.6 Å². The van der Waals surface area contributed by atoms with Gasteiger partial charge in [0.05, 0.1) is 12.8 Å². The van der Waals surface area contributed by atoms with E-state index >= 15 is 0 Å². The van der Waals surface area contributed by atoms with Gasteiger partial charge in [-0.05, 0) is 65.7 Å². The number of carbonyl (C=O) groups is 3. The first-order valence-electron chi connectivity index (χ1n) is 9.97. The zero-order chi connectivity index (χ0) is 23.4. The molecule has 0 atom stereocenters. The second-order valence-corrected chi connectivity index (χ2v) is 7.14. The third-order valence-electron chi connectivity index (χ3n) is 4.94. The second kappa shape index (κ2) is 9.35. The zero-order valence-electron chi connectivity index (χ0n) is 17.6. The highest BCUT2D eigenvalue weighted by atomic mass is 19.1. The molecule has 166 valence electrons. The van der Waals surface area contributed by atoms with E-state index in [-0.39, 0.29) is 18.0 Å². The van der Waals surface area contributed by atoms with E-state index in [4.69, 9.17) is 9.47 Å². The smallest absolute Gasteiger partial charge is 0.335 e. The maximum Gasteiger partial charge on any atom is 0.335 e. The minimum Gasteiger partial charge on any atom is -0.497 e. The minimum atomic E-state index is -0.822. The van der Waals surface area contributed by atoms with E-state index < -0.39 is 17.8 Å². The summed E-state index contributed by atoms with van der Waals surface area (Å²) < 4.78 is 23.8. The van der Waals surface area contributed by atoms with Crippen molar-refractivity contribution in [2.75, 3.05) is 12.0 Å². The van der Waals surface area contributed by atoms with E-state index in [2.05, 4.69) is 5.32 Å². The average molecular weight is 446 g/mol. The van der Waals surface area contributed by atoms with Crippen LogP contribution in [0.25, 0.3) is 6.08 Å². The van der Waals surface area contributed by atoms with Crippen LogP contribution in [0.5, 0.6) is 11.5 Å². The molecule has 0 spiro atoms. The number of methoxy groups -OCH3 is 1. The molecule has 7 nitrogen and oxygen atoms in total. The number of urea groups is 1. The lowest BCUT2D eigenvalue weighted by atomic mass is 10.1. The Kier molecular flexibility index (Phi) is 6.17. The van der Waals surface area contributed by atoms with Crippen molar-refractivity contribution in [1.82, 2.24) is 5.32 Å². The van der Waals surface area contributed by atoms with E-state index in [0.29, 0.717) is 22.7 Å². The van der Waals surface area contributed by atoms with Crippen LogP contribution in [0.4, 0.5) is 14.9 Å². The van der Waals surface area contributed by atoms with Crippen molar-refractivity contribution in [3.8, 4) is 11.5 Å². The fourth-order valence-corrected chi connectivity index (χ4v) is 3.20. The molecule has 1 fully saturated rings.